The fourth-order valence-corrected chi connectivity index (χ4v) is 4.43. The third-order valence-electron chi connectivity index (χ3n) is 3.63. The average molecular weight is 386 g/mol. The fourth-order valence-electron chi connectivity index (χ4n) is 2.46. The van der Waals surface area contributed by atoms with E-state index < -0.39 is 12.0 Å². The Labute approximate surface area is 124 Å². The number of halogens is 3. The van der Waals surface area contributed by atoms with Gasteiger partial charge in [-0.2, -0.15) is 0 Å². The maximum atomic E-state index is 13.0. The zero-order valence-corrected chi connectivity index (χ0v) is 13.0. The minimum atomic E-state index is -2.45. The van der Waals surface area contributed by atoms with E-state index in [1.54, 1.807) is 11.3 Å². The molecule has 1 atom stereocenters. The van der Waals surface area contributed by atoms with Gasteiger partial charge in [-0.1, -0.05) is 0 Å². The molecule has 1 nitrogen and oxygen atoms in total. The predicted octanol–water partition coefficient (Wildman–Crippen LogP) is 4.99. The first kappa shape index (κ1) is 14.7. The third-order valence-corrected chi connectivity index (χ3v) is 5.96. The second-order valence-corrected chi connectivity index (χ2v) is 7.14. The van der Waals surface area contributed by atoms with Crippen LogP contribution in [0.3, 0.4) is 0 Å². The first-order chi connectivity index (χ1) is 8.48. The van der Waals surface area contributed by atoms with E-state index in [0.29, 0.717) is 25.2 Å². The Kier molecular flexibility index (Phi) is 4.99. The van der Waals surface area contributed by atoms with Crippen molar-refractivity contribution in [3.8, 4) is 0 Å². The second kappa shape index (κ2) is 6.13. The van der Waals surface area contributed by atoms with Gasteiger partial charge in [0, 0.05) is 21.3 Å². The first-order valence-corrected chi connectivity index (χ1v) is 8.22. The molecular formula is C13H17F2IOS. The molecule has 0 aliphatic heterocycles. The molecule has 1 N–H and O–H groups in total. The number of aliphatic hydroxyl groups excluding tert-OH is 1. The lowest BCUT2D eigenvalue weighted by Crippen LogP contribution is -2.24. The molecule has 0 spiro atoms. The van der Waals surface area contributed by atoms with Crippen LogP contribution in [0.2, 0.25) is 0 Å². The summed E-state index contributed by atoms with van der Waals surface area (Å²) < 4.78 is 27.1. The van der Waals surface area contributed by atoms with Crippen molar-refractivity contribution in [3.63, 3.8) is 0 Å². The molecule has 1 aromatic heterocycles. The minimum Gasteiger partial charge on any atom is -0.388 e. The average Bonchev–Trinajstić information content (AvgIpc) is 2.74. The standard InChI is InChI=1S/C13H17F2IOS/c14-13(15)6-3-9(4-7-13)1-2-11(17)12-10(16)5-8-18-12/h5,8-9,11,17H,1-4,6-7H2. The molecule has 102 valence electrons. The van der Waals surface area contributed by atoms with Gasteiger partial charge in [-0.15, -0.1) is 11.3 Å². The summed E-state index contributed by atoms with van der Waals surface area (Å²) in [5.41, 5.74) is 0. The van der Waals surface area contributed by atoms with Crippen LogP contribution in [0, 0.1) is 9.49 Å². The number of hydrogen-bond donors (Lipinski definition) is 1. The van der Waals surface area contributed by atoms with Crippen molar-refractivity contribution >= 4 is 33.9 Å². The number of aliphatic hydroxyl groups is 1. The van der Waals surface area contributed by atoms with Crippen LogP contribution in [0.25, 0.3) is 0 Å². The molecule has 1 aliphatic carbocycles. The normalized spacial score (nSPS) is 22.0. The maximum Gasteiger partial charge on any atom is 0.248 e. The van der Waals surface area contributed by atoms with Gasteiger partial charge in [-0.25, -0.2) is 8.78 Å². The highest BCUT2D eigenvalue weighted by Gasteiger charge is 2.34. The highest BCUT2D eigenvalue weighted by Crippen LogP contribution is 2.39. The van der Waals surface area contributed by atoms with Crippen molar-refractivity contribution in [2.75, 3.05) is 0 Å². The lowest BCUT2D eigenvalue weighted by molar-refractivity contribution is -0.0475. The molecular weight excluding hydrogens is 369 g/mol. The van der Waals surface area contributed by atoms with Crippen molar-refractivity contribution in [1.82, 2.24) is 0 Å². The van der Waals surface area contributed by atoms with Crippen molar-refractivity contribution in [2.45, 2.75) is 50.6 Å². The molecule has 0 radical (unpaired) electrons. The molecule has 1 unspecified atom stereocenters. The van der Waals surface area contributed by atoms with E-state index in [-0.39, 0.29) is 12.8 Å². The Bertz CT molecular complexity index is 384. The molecule has 0 aromatic carbocycles. The van der Waals surface area contributed by atoms with E-state index in [1.165, 1.54) is 0 Å². The summed E-state index contributed by atoms with van der Waals surface area (Å²) in [5.74, 6) is -2.09. The zero-order valence-electron chi connectivity index (χ0n) is 10.0. The summed E-state index contributed by atoms with van der Waals surface area (Å²) in [5, 5.41) is 12.1. The Morgan fingerprint density at radius 2 is 2.11 bits per heavy atom. The van der Waals surface area contributed by atoms with Crippen LogP contribution in [0.4, 0.5) is 8.78 Å². The molecule has 18 heavy (non-hydrogen) atoms. The monoisotopic (exact) mass is 386 g/mol. The summed E-state index contributed by atoms with van der Waals surface area (Å²) in [6, 6.07) is 1.99. The van der Waals surface area contributed by atoms with Gasteiger partial charge in [0.15, 0.2) is 0 Å². The Morgan fingerprint density at radius 1 is 1.44 bits per heavy atom. The van der Waals surface area contributed by atoms with E-state index in [4.69, 9.17) is 0 Å². The molecule has 0 saturated heterocycles. The van der Waals surface area contributed by atoms with Crippen molar-refractivity contribution in [3.05, 3.63) is 19.9 Å². The van der Waals surface area contributed by atoms with Crippen LogP contribution in [0.15, 0.2) is 11.4 Å². The molecule has 1 aromatic rings. The van der Waals surface area contributed by atoms with E-state index in [9.17, 15) is 13.9 Å². The number of thiophene rings is 1. The van der Waals surface area contributed by atoms with Gasteiger partial charge in [0.1, 0.15) is 0 Å². The SMILES string of the molecule is OC(CCC1CCC(F)(F)CC1)c1sccc1I. The quantitative estimate of drug-likeness (QED) is 0.723. The summed E-state index contributed by atoms with van der Waals surface area (Å²) in [6.07, 6.45) is 2.34. The summed E-state index contributed by atoms with van der Waals surface area (Å²) in [7, 11) is 0. The van der Waals surface area contributed by atoms with Crippen LogP contribution >= 0.6 is 33.9 Å². The number of hydrogen-bond acceptors (Lipinski definition) is 2. The summed E-state index contributed by atoms with van der Waals surface area (Å²) in [4.78, 5) is 1.01. The molecule has 5 heteroatoms. The van der Waals surface area contributed by atoms with Crippen molar-refractivity contribution in [1.29, 1.82) is 0 Å². The highest BCUT2D eigenvalue weighted by molar-refractivity contribution is 14.1. The van der Waals surface area contributed by atoms with Gasteiger partial charge in [0.05, 0.1) is 6.10 Å². The van der Waals surface area contributed by atoms with Gasteiger partial charge >= 0.3 is 0 Å². The van der Waals surface area contributed by atoms with Crippen LogP contribution in [0.1, 0.15) is 49.5 Å². The van der Waals surface area contributed by atoms with E-state index in [2.05, 4.69) is 22.6 Å². The lowest BCUT2D eigenvalue weighted by Gasteiger charge is -2.28. The maximum absolute atomic E-state index is 13.0. The number of alkyl halides is 2. The highest BCUT2D eigenvalue weighted by atomic mass is 127. The van der Waals surface area contributed by atoms with Gasteiger partial charge in [-0.3, -0.25) is 0 Å². The summed E-state index contributed by atoms with van der Waals surface area (Å²) in [6.45, 7) is 0. The lowest BCUT2D eigenvalue weighted by atomic mass is 9.83. The van der Waals surface area contributed by atoms with Crippen molar-refractivity contribution in [2.24, 2.45) is 5.92 Å². The van der Waals surface area contributed by atoms with Crippen LogP contribution < -0.4 is 0 Å². The van der Waals surface area contributed by atoms with Gasteiger partial charge in [-0.05, 0) is 65.6 Å². The fraction of sp³-hybridized carbons (Fsp3) is 0.692. The van der Waals surface area contributed by atoms with Crippen LogP contribution in [0.5, 0.6) is 0 Å². The second-order valence-electron chi connectivity index (χ2n) is 5.03. The van der Waals surface area contributed by atoms with Gasteiger partial charge in [0.2, 0.25) is 5.92 Å². The molecule has 1 fully saturated rings. The molecule has 0 amide bonds. The Balaban J connectivity index is 1.77. The predicted molar refractivity (Wildman–Crippen MR) is 78.1 cm³/mol. The molecule has 2 rings (SSSR count). The molecule has 1 heterocycles. The first-order valence-electron chi connectivity index (χ1n) is 6.27. The smallest absolute Gasteiger partial charge is 0.248 e. The third kappa shape index (κ3) is 3.87. The number of rotatable bonds is 4. The molecule has 0 bridgehead atoms. The van der Waals surface area contributed by atoms with Gasteiger partial charge < -0.3 is 5.11 Å². The minimum absolute atomic E-state index is 0.0182. The van der Waals surface area contributed by atoms with E-state index in [0.717, 1.165) is 14.9 Å². The van der Waals surface area contributed by atoms with E-state index in [1.807, 2.05) is 11.4 Å². The zero-order chi connectivity index (χ0) is 13.2. The Hall–Kier alpha value is 0.250. The van der Waals surface area contributed by atoms with Crippen LogP contribution in [-0.4, -0.2) is 11.0 Å². The van der Waals surface area contributed by atoms with Gasteiger partial charge in [0.25, 0.3) is 0 Å². The van der Waals surface area contributed by atoms with Crippen LogP contribution in [-0.2, 0) is 0 Å². The molecule has 1 aliphatic rings. The molecule has 1 saturated carbocycles. The summed E-state index contributed by atoms with van der Waals surface area (Å²) >= 11 is 3.79. The van der Waals surface area contributed by atoms with E-state index >= 15 is 0 Å². The largest absolute Gasteiger partial charge is 0.388 e. The van der Waals surface area contributed by atoms with Crippen molar-refractivity contribution < 1.29 is 13.9 Å². The Morgan fingerprint density at radius 3 is 2.67 bits per heavy atom. The topological polar surface area (TPSA) is 20.2 Å².